The molecular weight excluding hydrogens is 420 g/mol. The topological polar surface area (TPSA) is 56.8 Å². The lowest BCUT2D eigenvalue weighted by Crippen LogP contribution is -2.49. The molecular formula is C25H28N4O2S. The van der Waals surface area contributed by atoms with Crippen molar-refractivity contribution in [1.82, 2.24) is 14.8 Å². The van der Waals surface area contributed by atoms with E-state index in [4.69, 9.17) is 4.98 Å². The van der Waals surface area contributed by atoms with Crippen LogP contribution in [0.25, 0.3) is 10.2 Å². The second kappa shape index (κ2) is 9.28. The highest BCUT2D eigenvalue weighted by molar-refractivity contribution is 7.18. The number of carbonyl (C=O) groups excluding carboxylic acids is 2. The number of aromatic nitrogens is 1. The van der Waals surface area contributed by atoms with Crippen molar-refractivity contribution in [3.63, 3.8) is 0 Å². The number of amides is 2. The van der Waals surface area contributed by atoms with E-state index < -0.39 is 0 Å². The number of piperazine rings is 1. The molecule has 0 N–H and O–H groups in total. The first-order valence-corrected chi connectivity index (χ1v) is 12.2. The number of rotatable bonds is 5. The highest BCUT2D eigenvalue weighted by Gasteiger charge is 2.32. The minimum atomic E-state index is 0.0458. The summed E-state index contributed by atoms with van der Waals surface area (Å²) in [6, 6.07) is 18.5. The van der Waals surface area contributed by atoms with Gasteiger partial charge in [0.05, 0.1) is 16.3 Å². The maximum Gasteiger partial charge on any atom is 0.223 e. The number of nitrogens with zero attached hydrogens (tertiary/aromatic N) is 4. The van der Waals surface area contributed by atoms with Crippen LogP contribution >= 0.6 is 11.3 Å². The number of hydrogen-bond acceptors (Lipinski definition) is 5. The zero-order valence-electron chi connectivity index (χ0n) is 18.2. The maximum atomic E-state index is 13.0. The van der Waals surface area contributed by atoms with Crippen molar-refractivity contribution < 1.29 is 9.59 Å². The number of thiazole rings is 1. The number of carbonyl (C=O) groups is 2. The first-order chi connectivity index (χ1) is 15.7. The van der Waals surface area contributed by atoms with E-state index in [9.17, 15) is 9.59 Å². The molecule has 6 nitrogen and oxygen atoms in total. The zero-order valence-corrected chi connectivity index (χ0v) is 19.0. The van der Waals surface area contributed by atoms with E-state index >= 15 is 0 Å². The molecule has 166 valence electrons. The Bertz CT molecular complexity index is 1060. The minimum Gasteiger partial charge on any atom is -0.368 e. The van der Waals surface area contributed by atoms with Crippen LogP contribution in [0.2, 0.25) is 0 Å². The number of para-hydroxylation sites is 2. The van der Waals surface area contributed by atoms with Crippen LogP contribution in [0.3, 0.4) is 0 Å². The molecule has 5 rings (SSSR count). The minimum absolute atomic E-state index is 0.0458. The van der Waals surface area contributed by atoms with Gasteiger partial charge in [-0.1, -0.05) is 30.3 Å². The van der Waals surface area contributed by atoms with Crippen LogP contribution in [0.15, 0.2) is 54.6 Å². The summed E-state index contributed by atoms with van der Waals surface area (Å²) in [4.78, 5) is 36.7. The predicted molar refractivity (Wildman–Crippen MR) is 128 cm³/mol. The van der Waals surface area contributed by atoms with E-state index in [1.165, 1.54) is 5.69 Å². The number of likely N-dealkylation sites (tertiary alicyclic amines) is 1. The molecule has 32 heavy (non-hydrogen) atoms. The van der Waals surface area contributed by atoms with Gasteiger partial charge in [0, 0.05) is 51.3 Å². The van der Waals surface area contributed by atoms with Gasteiger partial charge >= 0.3 is 0 Å². The standard InChI is InChI=1S/C25H28N4O2S/c30-23(28-17-15-27(16-18-28)19-7-2-1-3-8-19)12-13-24(31)29-14-6-10-21(29)25-26-20-9-4-5-11-22(20)32-25/h1-5,7-9,11,21H,6,10,12-18H2/t21-/m0/s1. The van der Waals surface area contributed by atoms with E-state index in [0.29, 0.717) is 13.1 Å². The molecule has 1 aromatic heterocycles. The number of benzene rings is 2. The Hall–Kier alpha value is -2.93. The molecule has 2 aliphatic heterocycles. The molecule has 0 unspecified atom stereocenters. The molecule has 0 bridgehead atoms. The molecule has 3 heterocycles. The molecule has 2 saturated heterocycles. The van der Waals surface area contributed by atoms with Crippen LogP contribution < -0.4 is 4.90 Å². The number of hydrogen-bond donors (Lipinski definition) is 0. The fourth-order valence-electron chi connectivity index (χ4n) is 4.72. The second-order valence-electron chi connectivity index (χ2n) is 8.47. The van der Waals surface area contributed by atoms with Gasteiger partial charge in [-0.15, -0.1) is 11.3 Å². The molecule has 3 aromatic rings. The van der Waals surface area contributed by atoms with Gasteiger partial charge in [-0.25, -0.2) is 4.98 Å². The molecule has 7 heteroatoms. The highest BCUT2D eigenvalue weighted by atomic mass is 32.1. The summed E-state index contributed by atoms with van der Waals surface area (Å²) in [6.07, 6.45) is 2.50. The zero-order chi connectivity index (χ0) is 21.9. The van der Waals surface area contributed by atoms with Crippen molar-refractivity contribution in [2.75, 3.05) is 37.6 Å². The quantitative estimate of drug-likeness (QED) is 0.590. The summed E-state index contributed by atoms with van der Waals surface area (Å²) in [6.45, 7) is 3.83. The Kier molecular flexibility index (Phi) is 6.08. The second-order valence-corrected chi connectivity index (χ2v) is 9.53. The van der Waals surface area contributed by atoms with E-state index in [0.717, 1.165) is 47.7 Å². The van der Waals surface area contributed by atoms with Crippen molar-refractivity contribution in [3.05, 3.63) is 59.6 Å². The Morgan fingerprint density at radius 3 is 2.38 bits per heavy atom. The van der Waals surface area contributed by atoms with Crippen molar-refractivity contribution >= 4 is 39.1 Å². The van der Waals surface area contributed by atoms with Crippen molar-refractivity contribution in [2.24, 2.45) is 0 Å². The molecule has 2 aliphatic rings. The van der Waals surface area contributed by atoms with Gasteiger partial charge in [-0.3, -0.25) is 9.59 Å². The fourth-order valence-corrected chi connectivity index (χ4v) is 5.84. The average Bonchev–Trinajstić information content (AvgIpc) is 3.50. The van der Waals surface area contributed by atoms with Crippen LogP contribution in [0, 0.1) is 0 Å². The summed E-state index contributed by atoms with van der Waals surface area (Å²) < 4.78 is 1.16. The Morgan fingerprint density at radius 2 is 1.59 bits per heavy atom. The monoisotopic (exact) mass is 448 g/mol. The first kappa shape index (κ1) is 20.9. The fraction of sp³-hybridized carbons (Fsp3) is 0.400. The van der Waals surface area contributed by atoms with Crippen LogP contribution in [0.4, 0.5) is 5.69 Å². The van der Waals surface area contributed by atoms with Crippen LogP contribution in [-0.2, 0) is 9.59 Å². The van der Waals surface area contributed by atoms with Crippen LogP contribution in [-0.4, -0.2) is 59.3 Å². The molecule has 2 amide bonds. The maximum absolute atomic E-state index is 13.0. The van der Waals surface area contributed by atoms with Crippen LogP contribution in [0.1, 0.15) is 36.7 Å². The molecule has 1 atom stereocenters. The molecule has 0 spiro atoms. The third-order valence-corrected chi connectivity index (χ3v) is 7.61. The van der Waals surface area contributed by atoms with E-state index in [-0.39, 0.29) is 30.7 Å². The first-order valence-electron chi connectivity index (χ1n) is 11.4. The SMILES string of the molecule is O=C(CCC(=O)N1CCC[C@H]1c1nc2ccccc2s1)N1CCN(c2ccccc2)CC1. The summed E-state index contributed by atoms with van der Waals surface area (Å²) in [5.74, 6) is 0.157. The van der Waals surface area contributed by atoms with E-state index in [2.05, 4.69) is 23.1 Å². The van der Waals surface area contributed by atoms with Gasteiger partial charge in [-0.05, 0) is 37.1 Å². The molecule has 0 aliphatic carbocycles. The van der Waals surface area contributed by atoms with E-state index in [1.54, 1.807) is 11.3 Å². The largest absolute Gasteiger partial charge is 0.368 e. The Morgan fingerprint density at radius 1 is 0.875 bits per heavy atom. The van der Waals surface area contributed by atoms with Gasteiger partial charge in [0.1, 0.15) is 5.01 Å². The molecule has 0 saturated carbocycles. The van der Waals surface area contributed by atoms with Gasteiger partial charge in [-0.2, -0.15) is 0 Å². The summed E-state index contributed by atoms with van der Waals surface area (Å²) in [7, 11) is 0. The highest BCUT2D eigenvalue weighted by Crippen LogP contribution is 2.36. The van der Waals surface area contributed by atoms with Gasteiger partial charge < -0.3 is 14.7 Å². The van der Waals surface area contributed by atoms with E-state index in [1.807, 2.05) is 46.2 Å². The summed E-state index contributed by atoms with van der Waals surface area (Å²) in [5, 5.41) is 1.01. The normalized spacial score (nSPS) is 19.0. The van der Waals surface area contributed by atoms with Gasteiger partial charge in [0.2, 0.25) is 11.8 Å². The van der Waals surface area contributed by atoms with Crippen molar-refractivity contribution in [1.29, 1.82) is 0 Å². The van der Waals surface area contributed by atoms with Crippen LogP contribution in [0.5, 0.6) is 0 Å². The molecule has 2 aromatic carbocycles. The average molecular weight is 449 g/mol. The van der Waals surface area contributed by atoms with Crippen molar-refractivity contribution in [2.45, 2.75) is 31.7 Å². The number of anilines is 1. The predicted octanol–water partition coefficient (Wildman–Crippen LogP) is 4.09. The molecule has 0 radical (unpaired) electrons. The van der Waals surface area contributed by atoms with Crippen molar-refractivity contribution in [3.8, 4) is 0 Å². The third-order valence-electron chi connectivity index (χ3n) is 6.48. The summed E-state index contributed by atoms with van der Waals surface area (Å²) in [5.41, 5.74) is 2.20. The lowest BCUT2D eigenvalue weighted by molar-refractivity contribution is -0.137. The lowest BCUT2D eigenvalue weighted by Gasteiger charge is -2.36. The lowest BCUT2D eigenvalue weighted by atomic mass is 10.2. The smallest absolute Gasteiger partial charge is 0.223 e. The van der Waals surface area contributed by atoms with Gasteiger partial charge in [0.15, 0.2) is 0 Å². The third kappa shape index (κ3) is 4.35. The Labute approximate surface area is 192 Å². The number of fused-ring (bicyclic) bond motifs is 1. The summed E-state index contributed by atoms with van der Waals surface area (Å²) >= 11 is 1.68. The molecule has 2 fully saturated rings. The Balaban J connectivity index is 1.14. The van der Waals surface area contributed by atoms with Gasteiger partial charge in [0.25, 0.3) is 0 Å².